The molecule has 5 nitrogen and oxygen atoms in total. The zero-order valence-electron chi connectivity index (χ0n) is 15.3. The van der Waals surface area contributed by atoms with Crippen molar-refractivity contribution >= 4 is 5.91 Å². The first-order valence-electron chi connectivity index (χ1n) is 8.76. The standard InChI is InChI=1S/C19H21F3N2O3/c1-11(2)26-12(3)18(25)24-9-8-16-15(10-24)17(23-27-16)13-4-6-14(7-5-13)19(20,21)22/h4-7,11-12H,8-10H2,1-3H3/t12-/m1/s1. The van der Waals surface area contributed by atoms with Crippen LogP contribution in [0.2, 0.25) is 0 Å². The van der Waals surface area contributed by atoms with E-state index >= 15 is 0 Å². The number of amides is 1. The summed E-state index contributed by atoms with van der Waals surface area (Å²) in [6, 6.07) is 4.76. The van der Waals surface area contributed by atoms with E-state index in [0.717, 1.165) is 17.7 Å². The minimum atomic E-state index is -4.39. The van der Waals surface area contributed by atoms with Gasteiger partial charge >= 0.3 is 6.18 Å². The Bertz CT molecular complexity index is 813. The Morgan fingerprint density at radius 2 is 1.89 bits per heavy atom. The Morgan fingerprint density at radius 3 is 2.48 bits per heavy atom. The van der Waals surface area contributed by atoms with Crippen molar-refractivity contribution in [2.24, 2.45) is 0 Å². The van der Waals surface area contributed by atoms with Gasteiger partial charge in [0.1, 0.15) is 17.6 Å². The molecule has 0 radical (unpaired) electrons. The van der Waals surface area contributed by atoms with Gasteiger partial charge in [0.2, 0.25) is 0 Å². The first kappa shape index (κ1) is 19.4. The van der Waals surface area contributed by atoms with Gasteiger partial charge in [0.25, 0.3) is 5.91 Å². The Kier molecular flexibility index (Phi) is 5.28. The SMILES string of the molecule is CC(C)O[C@H](C)C(=O)N1CCc2onc(-c3ccc(C(F)(F)F)cc3)c2C1. The highest BCUT2D eigenvalue weighted by Crippen LogP contribution is 2.33. The lowest BCUT2D eigenvalue weighted by atomic mass is 10.00. The summed E-state index contributed by atoms with van der Waals surface area (Å²) in [6.07, 6.45) is -4.52. The fourth-order valence-corrected chi connectivity index (χ4v) is 3.16. The van der Waals surface area contributed by atoms with Crippen LogP contribution in [-0.2, 0) is 28.7 Å². The number of carbonyl (C=O) groups is 1. The number of hydrogen-bond acceptors (Lipinski definition) is 4. The number of rotatable bonds is 4. The number of carbonyl (C=O) groups excluding carboxylic acids is 1. The van der Waals surface area contributed by atoms with Crippen molar-refractivity contribution in [2.75, 3.05) is 6.54 Å². The molecule has 1 aliphatic rings. The Balaban J connectivity index is 1.81. The normalized spacial score (nSPS) is 15.7. The van der Waals surface area contributed by atoms with E-state index in [4.69, 9.17) is 9.26 Å². The van der Waals surface area contributed by atoms with E-state index in [1.54, 1.807) is 11.8 Å². The summed E-state index contributed by atoms with van der Waals surface area (Å²) in [6.45, 7) is 6.21. The second-order valence-electron chi connectivity index (χ2n) is 6.84. The third-order valence-corrected chi connectivity index (χ3v) is 4.45. The number of benzene rings is 1. The van der Waals surface area contributed by atoms with E-state index < -0.39 is 17.8 Å². The molecule has 1 aromatic carbocycles. The molecule has 1 aliphatic heterocycles. The van der Waals surface area contributed by atoms with E-state index in [9.17, 15) is 18.0 Å². The summed E-state index contributed by atoms with van der Waals surface area (Å²) in [4.78, 5) is 14.3. The number of halogens is 3. The smallest absolute Gasteiger partial charge is 0.366 e. The molecule has 27 heavy (non-hydrogen) atoms. The lowest BCUT2D eigenvalue weighted by Crippen LogP contribution is -2.42. The van der Waals surface area contributed by atoms with Gasteiger partial charge in [-0.3, -0.25) is 4.79 Å². The first-order chi connectivity index (χ1) is 12.7. The average molecular weight is 382 g/mol. The number of fused-ring (bicyclic) bond motifs is 1. The maximum absolute atomic E-state index is 12.8. The van der Waals surface area contributed by atoms with E-state index in [0.29, 0.717) is 36.5 Å². The monoisotopic (exact) mass is 382 g/mol. The third kappa shape index (κ3) is 4.16. The summed E-state index contributed by atoms with van der Waals surface area (Å²) < 4.78 is 49.2. The Hall–Kier alpha value is -2.35. The molecule has 0 aliphatic carbocycles. The molecular weight excluding hydrogens is 361 g/mol. The molecule has 0 unspecified atom stereocenters. The quantitative estimate of drug-likeness (QED) is 0.800. The van der Waals surface area contributed by atoms with Crippen LogP contribution in [0.5, 0.6) is 0 Å². The Morgan fingerprint density at radius 1 is 1.22 bits per heavy atom. The zero-order valence-corrected chi connectivity index (χ0v) is 15.3. The van der Waals surface area contributed by atoms with Crippen molar-refractivity contribution in [3.8, 4) is 11.3 Å². The fraction of sp³-hybridized carbons (Fsp3) is 0.474. The maximum atomic E-state index is 12.8. The summed E-state index contributed by atoms with van der Waals surface area (Å²) in [5, 5.41) is 4.02. The van der Waals surface area contributed by atoms with Gasteiger partial charge in [-0.15, -0.1) is 0 Å². The highest BCUT2D eigenvalue weighted by atomic mass is 19.4. The minimum absolute atomic E-state index is 0.0670. The predicted molar refractivity (Wildman–Crippen MR) is 91.7 cm³/mol. The number of nitrogens with zero attached hydrogens (tertiary/aromatic N) is 2. The highest BCUT2D eigenvalue weighted by Gasteiger charge is 2.32. The second-order valence-corrected chi connectivity index (χ2v) is 6.84. The fourth-order valence-electron chi connectivity index (χ4n) is 3.16. The highest BCUT2D eigenvalue weighted by molar-refractivity contribution is 5.81. The van der Waals surface area contributed by atoms with Crippen LogP contribution in [0.3, 0.4) is 0 Å². The topological polar surface area (TPSA) is 55.6 Å². The van der Waals surface area contributed by atoms with Crippen molar-refractivity contribution in [1.82, 2.24) is 10.1 Å². The van der Waals surface area contributed by atoms with E-state index in [2.05, 4.69) is 5.16 Å². The zero-order chi connectivity index (χ0) is 19.8. The molecule has 1 aromatic heterocycles. The molecule has 146 valence electrons. The van der Waals surface area contributed by atoms with Gasteiger partial charge in [-0.25, -0.2) is 0 Å². The molecular formula is C19H21F3N2O3. The summed E-state index contributed by atoms with van der Waals surface area (Å²) >= 11 is 0. The molecule has 3 rings (SSSR count). The van der Waals surface area contributed by atoms with Gasteiger partial charge in [-0.2, -0.15) is 13.2 Å². The van der Waals surface area contributed by atoms with Gasteiger partial charge in [0.05, 0.1) is 18.2 Å². The Labute approximate surface area is 155 Å². The lowest BCUT2D eigenvalue weighted by molar-refractivity contribution is -0.146. The van der Waals surface area contributed by atoms with Crippen LogP contribution in [-0.4, -0.2) is 34.7 Å². The van der Waals surface area contributed by atoms with Crippen molar-refractivity contribution in [1.29, 1.82) is 0 Å². The van der Waals surface area contributed by atoms with Gasteiger partial charge < -0.3 is 14.2 Å². The van der Waals surface area contributed by atoms with Crippen LogP contribution < -0.4 is 0 Å². The molecule has 0 saturated heterocycles. The number of hydrogen-bond donors (Lipinski definition) is 0. The molecule has 0 fully saturated rings. The van der Waals surface area contributed by atoms with E-state index in [1.165, 1.54) is 12.1 Å². The van der Waals surface area contributed by atoms with E-state index in [-0.39, 0.29) is 12.0 Å². The van der Waals surface area contributed by atoms with Gasteiger partial charge in [0.15, 0.2) is 0 Å². The molecule has 0 N–H and O–H groups in total. The van der Waals surface area contributed by atoms with E-state index in [1.807, 2.05) is 13.8 Å². The number of aromatic nitrogens is 1. The molecule has 0 saturated carbocycles. The summed E-state index contributed by atoms with van der Waals surface area (Å²) in [5.74, 6) is 0.528. The molecule has 1 atom stereocenters. The molecule has 2 heterocycles. The number of alkyl halides is 3. The average Bonchev–Trinajstić information content (AvgIpc) is 3.03. The van der Waals surface area contributed by atoms with Crippen LogP contribution in [0.1, 0.15) is 37.7 Å². The van der Waals surface area contributed by atoms with Crippen molar-refractivity contribution in [3.05, 3.63) is 41.2 Å². The van der Waals surface area contributed by atoms with Crippen LogP contribution >= 0.6 is 0 Å². The van der Waals surface area contributed by atoms with Crippen molar-refractivity contribution in [2.45, 2.75) is 52.1 Å². The van der Waals surface area contributed by atoms with Gasteiger partial charge in [-0.05, 0) is 32.9 Å². The summed E-state index contributed by atoms with van der Waals surface area (Å²) in [7, 11) is 0. The van der Waals surface area contributed by atoms with Crippen LogP contribution in [0, 0.1) is 0 Å². The van der Waals surface area contributed by atoms with Crippen molar-refractivity contribution in [3.63, 3.8) is 0 Å². The van der Waals surface area contributed by atoms with Gasteiger partial charge in [0, 0.05) is 24.1 Å². The molecule has 0 spiro atoms. The summed E-state index contributed by atoms with van der Waals surface area (Å²) in [5.41, 5.74) is 0.994. The molecule has 2 aromatic rings. The number of ether oxygens (including phenoxy) is 1. The molecule has 1 amide bonds. The first-order valence-corrected chi connectivity index (χ1v) is 8.76. The van der Waals surface area contributed by atoms with Crippen molar-refractivity contribution < 1.29 is 27.2 Å². The van der Waals surface area contributed by atoms with Gasteiger partial charge in [-0.1, -0.05) is 17.3 Å². The second kappa shape index (κ2) is 7.34. The maximum Gasteiger partial charge on any atom is 0.416 e. The van der Waals surface area contributed by atoms with Crippen LogP contribution in [0.4, 0.5) is 13.2 Å². The lowest BCUT2D eigenvalue weighted by Gasteiger charge is -2.29. The third-order valence-electron chi connectivity index (χ3n) is 4.45. The predicted octanol–water partition coefficient (Wildman–Crippen LogP) is 4.06. The molecule has 8 heteroatoms. The largest absolute Gasteiger partial charge is 0.416 e. The van der Waals surface area contributed by atoms with Crippen LogP contribution in [0.15, 0.2) is 28.8 Å². The van der Waals surface area contributed by atoms with Crippen LogP contribution in [0.25, 0.3) is 11.3 Å². The molecule has 0 bridgehead atoms. The minimum Gasteiger partial charge on any atom is -0.366 e.